The zero-order valence-corrected chi connectivity index (χ0v) is 13.5. The van der Waals surface area contributed by atoms with Crippen LogP contribution in [0, 0.1) is 6.92 Å². The predicted molar refractivity (Wildman–Crippen MR) is 84.2 cm³/mol. The fraction of sp³-hybridized carbons (Fsp3) is 0.714. The molecule has 22 heavy (non-hydrogen) atoms. The first kappa shape index (κ1) is 17.3. The fourth-order valence-corrected chi connectivity index (χ4v) is 3.69. The minimum absolute atomic E-state index is 0.130. The summed E-state index contributed by atoms with van der Waals surface area (Å²) >= 11 is 1.61. The molecule has 0 saturated carbocycles. The van der Waals surface area contributed by atoms with Gasteiger partial charge in [0.1, 0.15) is 12.3 Å². The molecule has 0 radical (unpaired) electrons. The number of nitrogens with one attached hydrogen (secondary N) is 1. The summed E-state index contributed by atoms with van der Waals surface area (Å²) < 4.78 is 6.97. The second kappa shape index (κ2) is 7.45. The summed E-state index contributed by atoms with van der Waals surface area (Å²) in [5.41, 5.74) is -0.562. The number of aryl methyl sites for hydroxylation is 1. The monoisotopic (exact) mass is 330 g/mol. The van der Waals surface area contributed by atoms with Gasteiger partial charge in [-0.1, -0.05) is 6.92 Å². The quantitative estimate of drug-likeness (QED) is 0.702. The highest BCUT2D eigenvalue weighted by Gasteiger charge is 2.38. The molecule has 1 unspecified atom stereocenters. The van der Waals surface area contributed by atoms with Gasteiger partial charge in [0.15, 0.2) is 0 Å². The lowest BCUT2D eigenvalue weighted by atomic mass is 10.0. The molecule has 0 spiro atoms. The van der Waals surface area contributed by atoms with Gasteiger partial charge in [-0.3, -0.25) is 14.3 Å². The molecule has 2 rings (SSSR count). The Hall–Kier alpha value is -1.09. The number of nitrogens with zero attached hydrogens (tertiary/aromatic N) is 1. The first-order valence-electron chi connectivity index (χ1n) is 7.36. The van der Waals surface area contributed by atoms with E-state index in [1.54, 1.807) is 18.7 Å². The number of ether oxygens (including phenoxy) is 1. The summed E-state index contributed by atoms with van der Waals surface area (Å²) in [6.07, 6.45) is 0.733. The van der Waals surface area contributed by atoms with Crippen molar-refractivity contribution in [2.45, 2.75) is 50.4 Å². The topological polar surface area (TPSA) is 105 Å². The van der Waals surface area contributed by atoms with Crippen molar-refractivity contribution in [1.82, 2.24) is 9.55 Å². The van der Waals surface area contributed by atoms with E-state index in [1.807, 2.05) is 0 Å². The Bertz CT molecular complexity index is 614. The van der Waals surface area contributed by atoms with Gasteiger partial charge in [0, 0.05) is 23.4 Å². The van der Waals surface area contributed by atoms with Crippen LogP contribution in [0.2, 0.25) is 0 Å². The molecule has 4 atom stereocenters. The number of thioether (sulfide) groups is 1. The van der Waals surface area contributed by atoms with Crippen molar-refractivity contribution in [3.05, 3.63) is 32.6 Å². The summed E-state index contributed by atoms with van der Waals surface area (Å²) in [4.78, 5) is 25.7. The highest BCUT2D eigenvalue weighted by Crippen LogP contribution is 2.34. The Labute approximate surface area is 132 Å². The second-order valence-electron chi connectivity index (χ2n) is 5.43. The van der Waals surface area contributed by atoms with Crippen molar-refractivity contribution < 1.29 is 14.9 Å². The first-order valence-corrected chi connectivity index (χ1v) is 8.40. The average molecular weight is 330 g/mol. The molecule has 2 heterocycles. The van der Waals surface area contributed by atoms with Crippen molar-refractivity contribution in [3.8, 4) is 0 Å². The molecule has 0 aromatic carbocycles. The van der Waals surface area contributed by atoms with Crippen LogP contribution in [0.3, 0.4) is 0 Å². The van der Waals surface area contributed by atoms with Gasteiger partial charge in [0.2, 0.25) is 0 Å². The maximum absolute atomic E-state index is 12.0. The second-order valence-corrected chi connectivity index (χ2v) is 6.77. The van der Waals surface area contributed by atoms with Gasteiger partial charge in [-0.05, 0) is 19.1 Å². The number of aromatic amines is 1. The number of aromatic nitrogens is 2. The van der Waals surface area contributed by atoms with E-state index in [2.05, 4.69) is 11.9 Å². The van der Waals surface area contributed by atoms with Crippen LogP contribution in [0.4, 0.5) is 0 Å². The van der Waals surface area contributed by atoms with Crippen LogP contribution in [0.1, 0.15) is 31.6 Å². The van der Waals surface area contributed by atoms with E-state index in [0.717, 1.165) is 12.2 Å². The van der Waals surface area contributed by atoms with Gasteiger partial charge in [0.05, 0.1) is 12.7 Å². The van der Waals surface area contributed by atoms with Crippen LogP contribution >= 0.6 is 11.8 Å². The van der Waals surface area contributed by atoms with Gasteiger partial charge in [-0.25, -0.2) is 4.79 Å². The Balaban J connectivity index is 2.28. The van der Waals surface area contributed by atoms with Gasteiger partial charge >= 0.3 is 5.69 Å². The molecule has 7 nitrogen and oxygen atoms in total. The largest absolute Gasteiger partial charge is 0.394 e. The van der Waals surface area contributed by atoms with Gasteiger partial charge in [-0.2, -0.15) is 11.8 Å². The third kappa shape index (κ3) is 3.62. The van der Waals surface area contributed by atoms with Crippen molar-refractivity contribution >= 4 is 11.8 Å². The third-order valence-corrected chi connectivity index (χ3v) is 5.24. The van der Waals surface area contributed by atoms with Gasteiger partial charge in [0.25, 0.3) is 5.56 Å². The smallest absolute Gasteiger partial charge is 0.330 e. The molecule has 0 amide bonds. The standard InChI is InChI=1S/C14H22N2O5S/c1-3-4-22-10-5-11(21-9(7-17)12(10)18)16-6-8(2)13(19)15-14(16)20/h6,9-12,17-18H,3-5,7H2,1-2H3,(H,15,19,20)/t9-,10-,11?,12-/m1/s1. The van der Waals surface area contributed by atoms with Gasteiger partial charge < -0.3 is 14.9 Å². The van der Waals surface area contributed by atoms with Crippen molar-refractivity contribution in [3.63, 3.8) is 0 Å². The van der Waals surface area contributed by atoms with Crippen molar-refractivity contribution in [2.24, 2.45) is 0 Å². The fourth-order valence-electron chi connectivity index (χ4n) is 2.48. The lowest BCUT2D eigenvalue weighted by molar-refractivity contribution is -0.157. The van der Waals surface area contributed by atoms with Crippen LogP contribution < -0.4 is 11.2 Å². The Morgan fingerprint density at radius 3 is 2.86 bits per heavy atom. The summed E-state index contributed by atoms with van der Waals surface area (Å²) in [5.74, 6) is 0.881. The number of H-pyrrole nitrogens is 1. The number of aliphatic hydroxyl groups is 2. The van der Waals surface area contributed by atoms with Gasteiger partial charge in [-0.15, -0.1) is 0 Å². The minimum Gasteiger partial charge on any atom is -0.394 e. The molecule has 1 fully saturated rings. The van der Waals surface area contributed by atoms with Crippen LogP contribution in [0.5, 0.6) is 0 Å². The molecule has 0 aliphatic carbocycles. The zero-order valence-electron chi connectivity index (χ0n) is 12.7. The molecule has 8 heteroatoms. The molecule has 0 bridgehead atoms. The van der Waals surface area contributed by atoms with E-state index in [9.17, 15) is 19.8 Å². The highest BCUT2D eigenvalue weighted by molar-refractivity contribution is 7.99. The van der Waals surface area contributed by atoms with E-state index < -0.39 is 29.7 Å². The van der Waals surface area contributed by atoms with Crippen LogP contribution in [-0.2, 0) is 4.74 Å². The zero-order chi connectivity index (χ0) is 16.3. The number of hydrogen-bond donors (Lipinski definition) is 3. The predicted octanol–water partition coefficient (Wildman–Crippen LogP) is -0.00248. The molecular weight excluding hydrogens is 308 g/mol. The third-order valence-electron chi connectivity index (χ3n) is 3.70. The molecule has 1 saturated heterocycles. The Kier molecular flexibility index (Phi) is 5.85. The molecule has 1 aliphatic heterocycles. The van der Waals surface area contributed by atoms with E-state index in [-0.39, 0.29) is 11.9 Å². The number of aliphatic hydroxyl groups excluding tert-OH is 2. The Morgan fingerprint density at radius 2 is 2.23 bits per heavy atom. The Morgan fingerprint density at radius 1 is 1.50 bits per heavy atom. The van der Waals surface area contributed by atoms with E-state index in [4.69, 9.17) is 4.74 Å². The maximum atomic E-state index is 12.0. The first-order chi connectivity index (χ1) is 10.5. The average Bonchev–Trinajstić information content (AvgIpc) is 2.50. The van der Waals surface area contributed by atoms with Crippen LogP contribution in [0.15, 0.2) is 15.8 Å². The number of rotatable bonds is 5. The summed E-state index contributed by atoms with van der Waals surface area (Å²) in [7, 11) is 0. The molecule has 1 aromatic rings. The molecular formula is C14H22N2O5S. The molecule has 124 valence electrons. The lowest BCUT2D eigenvalue weighted by Gasteiger charge is -2.39. The normalized spacial score (nSPS) is 28.7. The highest BCUT2D eigenvalue weighted by atomic mass is 32.2. The maximum Gasteiger partial charge on any atom is 0.330 e. The lowest BCUT2D eigenvalue weighted by Crippen LogP contribution is -2.49. The van der Waals surface area contributed by atoms with E-state index in [1.165, 1.54) is 10.8 Å². The van der Waals surface area contributed by atoms with Crippen molar-refractivity contribution in [1.29, 1.82) is 0 Å². The minimum atomic E-state index is -0.780. The molecule has 1 aliphatic rings. The van der Waals surface area contributed by atoms with E-state index >= 15 is 0 Å². The van der Waals surface area contributed by atoms with Crippen molar-refractivity contribution in [2.75, 3.05) is 12.4 Å². The summed E-state index contributed by atoms with van der Waals surface area (Å²) in [6.45, 7) is 3.34. The summed E-state index contributed by atoms with van der Waals surface area (Å²) in [6, 6.07) is 0. The summed E-state index contributed by atoms with van der Waals surface area (Å²) in [5, 5.41) is 19.5. The molecule has 3 N–H and O–H groups in total. The SMILES string of the molecule is CCCS[C@@H]1CC(n2cc(C)c(=O)[nH]c2=O)O[C@H](CO)[C@H]1O. The number of hydrogen-bond acceptors (Lipinski definition) is 6. The van der Waals surface area contributed by atoms with E-state index in [0.29, 0.717) is 12.0 Å². The molecule has 1 aromatic heterocycles. The van der Waals surface area contributed by atoms with Crippen LogP contribution in [-0.4, -0.2) is 49.6 Å². The van der Waals surface area contributed by atoms with Crippen LogP contribution in [0.25, 0.3) is 0 Å².